The predicted octanol–water partition coefficient (Wildman–Crippen LogP) is 4.96. The van der Waals surface area contributed by atoms with Gasteiger partial charge in [0, 0.05) is 25.8 Å². The molecule has 152 valence electrons. The highest BCUT2D eigenvalue weighted by atomic mass is 15.2. The number of hydrogen-bond donors (Lipinski definition) is 2. The molecule has 5 heteroatoms. The molecule has 0 saturated heterocycles. The number of nitrogens with two attached hydrogens (primary N) is 1. The molecule has 0 saturated carbocycles. The number of benzene rings is 2. The molecular formula is C25H27N5. The molecule has 0 amide bonds. The second kappa shape index (κ2) is 8.82. The quantitative estimate of drug-likeness (QED) is 0.590. The van der Waals surface area contributed by atoms with Crippen LogP contribution in [0.15, 0.2) is 73.1 Å². The van der Waals surface area contributed by atoms with Gasteiger partial charge in [-0.15, -0.1) is 0 Å². The molecule has 0 unspecified atom stereocenters. The fraction of sp³-hybridized carbons (Fsp3) is 0.200. The van der Waals surface area contributed by atoms with Crippen LogP contribution in [-0.4, -0.2) is 17.0 Å². The minimum atomic E-state index is 0.628. The first-order valence-electron chi connectivity index (χ1n) is 10.2. The maximum atomic E-state index is 6.42. The summed E-state index contributed by atoms with van der Waals surface area (Å²) in [5, 5.41) is 3.51. The second-order valence-corrected chi connectivity index (χ2v) is 7.68. The van der Waals surface area contributed by atoms with Gasteiger partial charge in [0.25, 0.3) is 0 Å². The minimum Gasteiger partial charge on any atom is -0.394 e. The lowest BCUT2D eigenvalue weighted by atomic mass is 10.1. The van der Waals surface area contributed by atoms with Crippen LogP contribution < -0.4 is 16.0 Å². The van der Waals surface area contributed by atoms with Gasteiger partial charge in [0.05, 0.1) is 5.69 Å². The molecule has 0 aliphatic heterocycles. The first-order valence-corrected chi connectivity index (χ1v) is 10.2. The standard InChI is InChI=1S/C25H27N5/c1-18-10-12-19(13-11-18)15-27-22-9-5-6-20(14-22)16-30(2)25-23(26)24(28-17-29-25)21-7-3-4-8-21/h3-7,9-14,17,27H,8,15-16,26H2,1-2H3. The minimum absolute atomic E-state index is 0.628. The molecule has 0 bridgehead atoms. The van der Waals surface area contributed by atoms with Crippen molar-refractivity contribution in [3.63, 3.8) is 0 Å². The van der Waals surface area contributed by atoms with Crippen LogP contribution in [0.25, 0.3) is 5.57 Å². The first-order chi connectivity index (χ1) is 14.6. The zero-order chi connectivity index (χ0) is 20.9. The van der Waals surface area contributed by atoms with Crippen LogP contribution in [0.5, 0.6) is 0 Å². The number of nitrogen functional groups attached to an aromatic ring is 1. The summed E-state index contributed by atoms with van der Waals surface area (Å²) in [5.74, 6) is 0.755. The van der Waals surface area contributed by atoms with Crippen molar-refractivity contribution in [2.45, 2.75) is 26.4 Å². The number of nitrogens with one attached hydrogen (secondary N) is 1. The van der Waals surface area contributed by atoms with E-state index in [0.717, 1.165) is 35.7 Å². The Hall–Kier alpha value is -3.60. The van der Waals surface area contributed by atoms with Crippen LogP contribution in [0.4, 0.5) is 17.2 Å². The van der Waals surface area contributed by atoms with E-state index >= 15 is 0 Å². The van der Waals surface area contributed by atoms with Gasteiger partial charge in [-0.25, -0.2) is 9.97 Å². The van der Waals surface area contributed by atoms with Gasteiger partial charge in [0.2, 0.25) is 0 Å². The highest BCUT2D eigenvalue weighted by Crippen LogP contribution is 2.31. The summed E-state index contributed by atoms with van der Waals surface area (Å²) in [6.07, 6.45) is 8.66. The highest BCUT2D eigenvalue weighted by Gasteiger charge is 2.16. The predicted molar refractivity (Wildman–Crippen MR) is 125 cm³/mol. The summed E-state index contributed by atoms with van der Waals surface area (Å²) in [6, 6.07) is 17.1. The topological polar surface area (TPSA) is 67.1 Å². The molecule has 1 heterocycles. The molecular weight excluding hydrogens is 370 g/mol. The number of anilines is 3. The third kappa shape index (κ3) is 4.51. The summed E-state index contributed by atoms with van der Waals surface area (Å²) in [4.78, 5) is 10.9. The number of aryl methyl sites for hydroxylation is 1. The lowest BCUT2D eigenvalue weighted by molar-refractivity contribution is 0.891. The van der Waals surface area contributed by atoms with Gasteiger partial charge in [-0.2, -0.15) is 0 Å². The Balaban J connectivity index is 1.45. The average molecular weight is 398 g/mol. The van der Waals surface area contributed by atoms with E-state index in [9.17, 15) is 0 Å². The number of allylic oxidation sites excluding steroid dienone is 4. The molecule has 1 aromatic heterocycles. The van der Waals surface area contributed by atoms with E-state index in [1.165, 1.54) is 16.7 Å². The number of nitrogens with zero attached hydrogens (tertiary/aromatic N) is 3. The van der Waals surface area contributed by atoms with E-state index in [-0.39, 0.29) is 0 Å². The van der Waals surface area contributed by atoms with E-state index in [4.69, 9.17) is 5.73 Å². The van der Waals surface area contributed by atoms with Crippen LogP contribution in [0.1, 0.15) is 28.8 Å². The Kier molecular flexibility index (Phi) is 5.80. The molecule has 0 atom stereocenters. The van der Waals surface area contributed by atoms with Crippen LogP contribution in [0.3, 0.4) is 0 Å². The molecule has 0 spiro atoms. The smallest absolute Gasteiger partial charge is 0.155 e. The largest absolute Gasteiger partial charge is 0.394 e. The maximum absolute atomic E-state index is 6.42. The van der Waals surface area contributed by atoms with Gasteiger partial charge in [-0.05, 0) is 42.2 Å². The molecule has 4 rings (SSSR count). The molecule has 1 aliphatic rings. The average Bonchev–Trinajstić information content (AvgIpc) is 3.28. The van der Waals surface area contributed by atoms with Crippen molar-refractivity contribution in [1.29, 1.82) is 0 Å². The molecule has 3 N–H and O–H groups in total. The molecule has 3 aromatic rings. The van der Waals surface area contributed by atoms with E-state index in [2.05, 4.69) is 87.8 Å². The molecule has 30 heavy (non-hydrogen) atoms. The van der Waals surface area contributed by atoms with Crippen LogP contribution in [0.2, 0.25) is 0 Å². The van der Waals surface area contributed by atoms with E-state index in [1.807, 2.05) is 13.1 Å². The van der Waals surface area contributed by atoms with Gasteiger partial charge >= 0.3 is 0 Å². The van der Waals surface area contributed by atoms with Crippen LogP contribution in [-0.2, 0) is 13.1 Å². The van der Waals surface area contributed by atoms with Crippen LogP contribution >= 0.6 is 0 Å². The van der Waals surface area contributed by atoms with Crippen molar-refractivity contribution in [1.82, 2.24) is 9.97 Å². The molecule has 5 nitrogen and oxygen atoms in total. The molecule has 1 aliphatic carbocycles. The van der Waals surface area contributed by atoms with E-state index in [1.54, 1.807) is 6.33 Å². The SMILES string of the molecule is Cc1ccc(CNc2cccc(CN(C)c3ncnc(C4=CC=CC4)c3N)c2)cc1. The maximum Gasteiger partial charge on any atom is 0.155 e. The van der Waals surface area contributed by atoms with Gasteiger partial charge < -0.3 is 16.0 Å². The van der Waals surface area contributed by atoms with Crippen molar-refractivity contribution in [2.24, 2.45) is 0 Å². The van der Waals surface area contributed by atoms with Crippen molar-refractivity contribution in [3.05, 3.63) is 95.5 Å². The van der Waals surface area contributed by atoms with Crippen molar-refractivity contribution in [2.75, 3.05) is 23.0 Å². The summed E-state index contributed by atoms with van der Waals surface area (Å²) in [7, 11) is 2.01. The van der Waals surface area contributed by atoms with Crippen LogP contribution in [0, 0.1) is 6.92 Å². The zero-order valence-corrected chi connectivity index (χ0v) is 17.5. The number of hydrogen-bond acceptors (Lipinski definition) is 5. The zero-order valence-electron chi connectivity index (χ0n) is 17.5. The highest BCUT2D eigenvalue weighted by molar-refractivity contribution is 5.81. The van der Waals surface area contributed by atoms with E-state index in [0.29, 0.717) is 12.2 Å². The lowest BCUT2D eigenvalue weighted by Crippen LogP contribution is -2.20. The Morgan fingerprint density at radius 2 is 1.90 bits per heavy atom. The van der Waals surface area contributed by atoms with Gasteiger partial charge in [-0.3, -0.25) is 0 Å². The monoisotopic (exact) mass is 397 g/mol. The Labute approximate surface area is 178 Å². The van der Waals surface area contributed by atoms with Crippen molar-refractivity contribution >= 4 is 22.8 Å². The van der Waals surface area contributed by atoms with E-state index < -0.39 is 0 Å². The fourth-order valence-corrected chi connectivity index (χ4v) is 3.61. The first kappa shape index (κ1) is 19.7. The third-order valence-corrected chi connectivity index (χ3v) is 5.26. The van der Waals surface area contributed by atoms with Crippen molar-refractivity contribution < 1.29 is 0 Å². The van der Waals surface area contributed by atoms with Crippen molar-refractivity contribution in [3.8, 4) is 0 Å². The second-order valence-electron chi connectivity index (χ2n) is 7.68. The fourth-order valence-electron chi connectivity index (χ4n) is 3.61. The Morgan fingerprint density at radius 3 is 2.67 bits per heavy atom. The molecule has 2 aromatic carbocycles. The Morgan fingerprint density at radius 1 is 1.07 bits per heavy atom. The summed E-state index contributed by atoms with van der Waals surface area (Å²) >= 11 is 0. The van der Waals surface area contributed by atoms with Gasteiger partial charge in [0.1, 0.15) is 12.0 Å². The lowest BCUT2D eigenvalue weighted by Gasteiger charge is -2.21. The summed E-state index contributed by atoms with van der Waals surface area (Å²) in [5.41, 5.74) is 13.8. The Bertz CT molecular complexity index is 1080. The number of aromatic nitrogens is 2. The normalized spacial score (nSPS) is 12.7. The summed E-state index contributed by atoms with van der Waals surface area (Å²) < 4.78 is 0. The van der Waals surface area contributed by atoms with Gasteiger partial charge in [-0.1, -0.05) is 60.2 Å². The molecule has 0 radical (unpaired) electrons. The summed E-state index contributed by atoms with van der Waals surface area (Å²) in [6.45, 7) is 3.61. The molecule has 0 fully saturated rings. The third-order valence-electron chi connectivity index (χ3n) is 5.26. The number of rotatable bonds is 7. The van der Waals surface area contributed by atoms with Gasteiger partial charge in [0.15, 0.2) is 5.82 Å².